The lowest BCUT2D eigenvalue weighted by Gasteiger charge is -2.14. The van der Waals surface area contributed by atoms with Crippen molar-refractivity contribution in [2.24, 2.45) is 0 Å². The maximum Gasteiger partial charge on any atom is 0.328 e. The Hall–Kier alpha value is -1.88. The van der Waals surface area contributed by atoms with E-state index in [4.69, 9.17) is 9.84 Å². The molecule has 0 bridgehead atoms. The number of aliphatic carboxylic acids is 1. The van der Waals surface area contributed by atoms with Crippen LogP contribution in [0.4, 0.5) is 0 Å². The van der Waals surface area contributed by atoms with Crippen LogP contribution >= 0.6 is 0 Å². The SMILES string of the molecule is CCOC[C@H](NC(=O)c1ccc(C)cc1)C(=O)O. The van der Waals surface area contributed by atoms with Crippen molar-refractivity contribution in [3.05, 3.63) is 35.4 Å². The highest BCUT2D eigenvalue weighted by Crippen LogP contribution is 2.03. The minimum atomic E-state index is -1.11. The molecular weight excluding hydrogens is 234 g/mol. The molecule has 98 valence electrons. The van der Waals surface area contributed by atoms with Crippen molar-refractivity contribution in [3.8, 4) is 0 Å². The third kappa shape index (κ3) is 4.18. The number of hydrogen-bond acceptors (Lipinski definition) is 3. The van der Waals surface area contributed by atoms with E-state index in [1.807, 2.05) is 6.92 Å². The number of hydrogen-bond donors (Lipinski definition) is 2. The molecule has 0 aliphatic rings. The van der Waals surface area contributed by atoms with Gasteiger partial charge in [-0.25, -0.2) is 4.79 Å². The third-order valence-electron chi connectivity index (χ3n) is 2.41. The first-order chi connectivity index (χ1) is 8.54. The van der Waals surface area contributed by atoms with E-state index in [0.717, 1.165) is 5.56 Å². The van der Waals surface area contributed by atoms with E-state index in [-0.39, 0.29) is 6.61 Å². The smallest absolute Gasteiger partial charge is 0.328 e. The summed E-state index contributed by atoms with van der Waals surface area (Å²) in [5.74, 6) is -1.52. The quantitative estimate of drug-likeness (QED) is 0.797. The maximum absolute atomic E-state index is 11.8. The molecule has 0 saturated carbocycles. The summed E-state index contributed by atoms with van der Waals surface area (Å²) in [6, 6.07) is 5.88. The minimum absolute atomic E-state index is 0.0383. The van der Waals surface area contributed by atoms with E-state index in [1.54, 1.807) is 31.2 Å². The fourth-order valence-corrected chi connectivity index (χ4v) is 1.36. The Morgan fingerprint density at radius 1 is 1.33 bits per heavy atom. The molecule has 0 aliphatic heterocycles. The highest BCUT2D eigenvalue weighted by Gasteiger charge is 2.20. The number of nitrogens with one attached hydrogen (secondary N) is 1. The zero-order valence-electron chi connectivity index (χ0n) is 10.5. The lowest BCUT2D eigenvalue weighted by molar-refractivity contribution is -0.140. The van der Waals surface area contributed by atoms with E-state index in [0.29, 0.717) is 12.2 Å². The van der Waals surface area contributed by atoms with Crippen LogP contribution in [0.1, 0.15) is 22.8 Å². The summed E-state index contributed by atoms with van der Waals surface area (Å²) >= 11 is 0. The molecule has 0 aliphatic carbocycles. The van der Waals surface area contributed by atoms with Crippen LogP contribution in [0.2, 0.25) is 0 Å². The van der Waals surface area contributed by atoms with Crippen LogP contribution in [0.25, 0.3) is 0 Å². The van der Waals surface area contributed by atoms with Crippen LogP contribution in [0, 0.1) is 6.92 Å². The van der Waals surface area contributed by atoms with Crippen LogP contribution in [-0.2, 0) is 9.53 Å². The van der Waals surface area contributed by atoms with Gasteiger partial charge in [0.1, 0.15) is 0 Å². The van der Waals surface area contributed by atoms with Gasteiger partial charge in [0.05, 0.1) is 6.61 Å². The molecule has 1 aromatic rings. The Balaban J connectivity index is 2.66. The summed E-state index contributed by atoms with van der Waals surface area (Å²) in [5, 5.41) is 11.4. The molecule has 5 heteroatoms. The van der Waals surface area contributed by atoms with E-state index in [2.05, 4.69) is 5.32 Å². The van der Waals surface area contributed by atoms with Gasteiger partial charge in [0.15, 0.2) is 6.04 Å². The summed E-state index contributed by atoms with van der Waals surface area (Å²) in [5.41, 5.74) is 1.47. The van der Waals surface area contributed by atoms with Gasteiger partial charge >= 0.3 is 5.97 Å². The number of carbonyl (C=O) groups is 2. The van der Waals surface area contributed by atoms with Crippen LogP contribution in [0.15, 0.2) is 24.3 Å². The molecule has 0 heterocycles. The predicted molar refractivity (Wildman–Crippen MR) is 66.6 cm³/mol. The van der Waals surface area contributed by atoms with Crippen molar-refractivity contribution in [1.82, 2.24) is 5.32 Å². The number of carboxylic acid groups (broad SMARTS) is 1. The summed E-state index contributed by atoms with van der Waals surface area (Å²) in [7, 11) is 0. The molecule has 1 amide bonds. The van der Waals surface area contributed by atoms with E-state index < -0.39 is 17.9 Å². The van der Waals surface area contributed by atoms with Gasteiger partial charge < -0.3 is 15.2 Å². The fourth-order valence-electron chi connectivity index (χ4n) is 1.36. The zero-order valence-corrected chi connectivity index (χ0v) is 10.5. The van der Waals surface area contributed by atoms with Gasteiger partial charge in [-0.15, -0.1) is 0 Å². The van der Waals surface area contributed by atoms with E-state index in [9.17, 15) is 9.59 Å². The fraction of sp³-hybridized carbons (Fsp3) is 0.385. The van der Waals surface area contributed by atoms with E-state index in [1.165, 1.54) is 0 Å². The molecule has 1 atom stereocenters. The Labute approximate surface area is 106 Å². The number of rotatable bonds is 6. The molecule has 5 nitrogen and oxygen atoms in total. The van der Waals surface area contributed by atoms with Crippen molar-refractivity contribution in [3.63, 3.8) is 0 Å². The van der Waals surface area contributed by atoms with Crippen LogP contribution in [0.3, 0.4) is 0 Å². The second kappa shape index (κ2) is 6.76. The number of amides is 1. The first kappa shape index (κ1) is 14.2. The zero-order chi connectivity index (χ0) is 13.5. The molecule has 2 N–H and O–H groups in total. The molecule has 18 heavy (non-hydrogen) atoms. The monoisotopic (exact) mass is 251 g/mol. The van der Waals surface area contributed by atoms with Crippen molar-refractivity contribution in [2.45, 2.75) is 19.9 Å². The number of carbonyl (C=O) groups excluding carboxylic acids is 1. The average molecular weight is 251 g/mol. The molecule has 0 radical (unpaired) electrons. The first-order valence-corrected chi connectivity index (χ1v) is 5.72. The first-order valence-electron chi connectivity index (χ1n) is 5.72. The number of aryl methyl sites for hydroxylation is 1. The third-order valence-corrected chi connectivity index (χ3v) is 2.41. The van der Waals surface area contributed by atoms with Crippen molar-refractivity contribution in [1.29, 1.82) is 0 Å². The highest BCUT2D eigenvalue weighted by molar-refractivity contribution is 5.96. The van der Waals surface area contributed by atoms with Crippen LogP contribution in [-0.4, -0.2) is 36.2 Å². The summed E-state index contributed by atoms with van der Waals surface area (Å²) in [6.45, 7) is 4.05. The molecule has 0 spiro atoms. The highest BCUT2D eigenvalue weighted by atomic mass is 16.5. The van der Waals surface area contributed by atoms with Gasteiger partial charge in [0.2, 0.25) is 0 Å². The standard InChI is InChI=1S/C13H17NO4/c1-3-18-8-11(13(16)17)14-12(15)10-6-4-9(2)5-7-10/h4-7,11H,3,8H2,1-2H3,(H,14,15)(H,16,17)/t11-/m0/s1. The van der Waals surface area contributed by atoms with Crippen LogP contribution < -0.4 is 5.32 Å². The molecule has 1 rings (SSSR count). The molecule has 1 aromatic carbocycles. The molecule has 0 saturated heterocycles. The van der Waals surface area contributed by atoms with Gasteiger partial charge in [0, 0.05) is 12.2 Å². The predicted octanol–water partition coefficient (Wildman–Crippen LogP) is 1.21. The summed E-state index contributed by atoms with van der Waals surface area (Å²) in [6.07, 6.45) is 0. The average Bonchev–Trinajstić information content (AvgIpc) is 2.34. The Kier molecular flexibility index (Phi) is 5.32. The van der Waals surface area contributed by atoms with Crippen molar-refractivity contribution < 1.29 is 19.4 Å². The topological polar surface area (TPSA) is 75.6 Å². The van der Waals surface area contributed by atoms with Gasteiger partial charge in [-0.3, -0.25) is 4.79 Å². The molecule has 0 aromatic heterocycles. The molecule has 0 fully saturated rings. The number of ether oxygens (including phenoxy) is 1. The Bertz CT molecular complexity index is 414. The second-order valence-corrected chi connectivity index (χ2v) is 3.89. The van der Waals surface area contributed by atoms with Gasteiger partial charge in [-0.05, 0) is 26.0 Å². The molecular formula is C13H17NO4. The largest absolute Gasteiger partial charge is 0.480 e. The summed E-state index contributed by atoms with van der Waals surface area (Å²) < 4.78 is 5.02. The molecule has 0 unspecified atom stereocenters. The van der Waals surface area contributed by atoms with Gasteiger partial charge in [-0.2, -0.15) is 0 Å². The normalized spacial score (nSPS) is 11.9. The Morgan fingerprint density at radius 2 is 1.94 bits per heavy atom. The second-order valence-electron chi connectivity index (χ2n) is 3.89. The Morgan fingerprint density at radius 3 is 2.44 bits per heavy atom. The lowest BCUT2D eigenvalue weighted by Crippen LogP contribution is -2.44. The maximum atomic E-state index is 11.8. The van der Waals surface area contributed by atoms with E-state index >= 15 is 0 Å². The lowest BCUT2D eigenvalue weighted by atomic mass is 10.1. The van der Waals surface area contributed by atoms with Crippen LogP contribution in [0.5, 0.6) is 0 Å². The number of carboxylic acids is 1. The van der Waals surface area contributed by atoms with Crippen molar-refractivity contribution in [2.75, 3.05) is 13.2 Å². The summed E-state index contributed by atoms with van der Waals surface area (Å²) in [4.78, 5) is 22.7. The van der Waals surface area contributed by atoms with Crippen molar-refractivity contribution >= 4 is 11.9 Å². The number of benzene rings is 1. The minimum Gasteiger partial charge on any atom is -0.480 e. The van der Waals surface area contributed by atoms with Gasteiger partial charge in [0.25, 0.3) is 5.91 Å². The van der Waals surface area contributed by atoms with Gasteiger partial charge in [-0.1, -0.05) is 17.7 Å².